The zero-order valence-electron chi connectivity index (χ0n) is 16.4. The Bertz CT molecular complexity index is 821. The number of benzene rings is 1. The van der Waals surface area contributed by atoms with Gasteiger partial charge in [-0.3, -0.25) is 9.59 Å². The molecule has 0 aliphatic carbocycles. The van der Waals surface area contributed by atoms with Gasteiger partial charge in [0.25, 0.3) is 5.91 Å². The third-order valence-corrected chi connectivity index (χ3v) is 5.87. The Morgan fingerprint density at radius 1 is 1.18 bits per heavy atom. The summed E-state index contributed by atoms with van der Waals surface area (Å²) >= 11 is 1.62. The molecule has 3 rings (SSSR count). The monoisotopic (exact) mass is 403 g/mol. The highest BCUT2D eigenvalue weighted by Gasteiger charge is 2.26. The van der Waals surface area contributed by atoms with E-state index in [0.717, 1.165) is 23.5 Å². The van der Waals surface area contributed by atoms with Gasteiger partial charge >= 0.3 is 0 Å². The predicted molar refractivity (Wildman–Crippen MR) is 107 cm³/mol. The molecule has 1 aromatic carbocycles. The standard InChI is InChI=1S/C20H25N3O4S/c1-13(24)21-11-16-12-28-19(22-16)14-4-6-23(7-5-14)20(25)15-8-17(26-2)10-18(9-15)27-3/h8-10,12,14H,4-7,11H2,1-3H3,(H,21,24). The molecule has 1 aliphatic rings. The molecule has 28 heavy (non-hydrogen) atoms. The number of nitrogens with one attached hydrogen (secondary N) is 1. The summed E-state index contributed by atoms with van der Waals surface area (Å²) in [5.74, 6) is 1.48. The van der Waals surface area contributed by atoms with Crippen molar-refractivity contribution in [2.24, 2.45) is 0 Å². The molecule has 1 aliphatic heterocycles. The van der Waals surface area contributed by atoms with Crippen LogP contribution in [0.5, 0.6) is 11.5 Å². The molecule has 0 radical (unpaired) electrons. The molecule has 150 valence electrons. The largest absolute Gasteiger partial charge is 0.497 e. The lowest BCUT2D eigenvalue weighted by atomic mass is 9.97. The minimum atomic E-state index is -0.0597. The van der Waals surface area contributed by atoms with Crippen molar-refractivity contribution < 1.29 is 19.1 Å². The van der Waals surface area contributed by atoms with Gasteiger partial charge in [0.15, 0.2) is 0 Å². The molecular weight excluding hydrogens is 378 g/mol. The van der Waals surface area contributed by atoms with Gasteiger partial charge in [0.2, 0.25) is 5.91 Å². The molecule has 0 bridgehead atoms. The molecule has 2 aromatic rings. The Labute approximate surface area is 168 Å². The summed E-state index contributed by atoms with van der Waals surface area (Å²) in [5, 5.41) is 5.84. The van der Waals surface area contributed by atoms with Crippen LogP contribution < -0.4 is 14.8 Å². The number of methoxy groups -OCH3 is 2. The minimum absolute atomic E-state index is 0.0128. The fourth-order valence-corrected chi connectivity index (χ4v) is 4.24. The molecular formula is C20H25N3O4S. The fourth-order valence-electron chi connectivity index (χ4n) is 3.25. The molecule has 0 unspecified atom stereocenters. The van der Waals surface area contributed by atoms with Crippen LogP contribution >= 0.6 is 11.3 Å². The molecule has 1 N–H and O–H groups in total. The van der Waals surface area contributed by atoms with Crippen LogP contribution in [0.15, 0.2) is 23.6 Å². The van der Waals surface area contributed by atoms with Gasteiger partial charge in [-0.15, -0.1) is 11.3 Å². The van der Waals surface area contributed by atoms with Crippen LogP contribution in [0.4, 0.5) is 0 Å². The van der Waals surface area contributed by atoms with Gasteiger partial charge in [-0.2, -0.15) is 0 Å². The number of carbonyl (C=O) groups excluding carboxylic acids is 2. The lowest BCUT2D eigenvalue weighted by Gasteiger charge is -2.31. The summed E-state index contributed by atoms with van der Waals surface area (Å²) in [6.45, 7) is 3.33. The third kappa shape index (κ3) is 4.81. The lowest BCUT2D eigenvalue weighted by molar-refractivity contribution is -0.119. The van der Waals surface area contributed by atoms with Crippen molar-refractivity contribution in [3.05, 3.63) is 39.8 Å². The van der Waals surface area contributed by atoms with Crippen molar-refractivity contribution in [1.29, 1.82) is 0 Å². The summed E-state index contributed by atoms with van der Waals surface area (Å²) in [6, 6.07) is 5.24. The van der Waals surface area contributed by atoms with Crippen molar-refractivity contribution in [3.8, 4) is 11.5 Å². The number of piperidine rings is 1. The van der Waals surface area contributed by atoms with E-state index >= 15 is 0 Å². The first-order valence-corrected chi connectivity index (χ1v) is 10.1. The van der Waals surface area contributed by atoms with E-state index < -0.39 is 0 Å². The van der Waals surface area contributed by atoms with Gasteiger partial charge in [0.05, 0.1) is 31.5 Å². The SMILES string of the molecule is COc1cc(OC)cc(C(=O)N2CCC(c3nc(CNC(C)=O)cs3)CC2)c1. The quantitative estimate of drug-likeness (QED) is 0.802. The number of thiazole rings is 1. The number of nitrogens with zero attached hydrogens (tertiary/aromatic N) is 2. The third-order valence-electron chi connectivity index (χ3n) is 4.82. The average Bonchev–Trinajstić information content (AvgIpc) is 3.20. The molecule has 0 atom stereocenters. The molecule has 7 nitrogen and oxygen atoms in total. The smallest absolute Gasteiger partial charge is 0.254 e. The summed E-state index contributed by atoms with van der Waals surface area (Å²) < 4.78 is 10.5. The summed E-state index contributed by atoms with van der Waals surface area (Å²) in [5.41, 5.74) is 1.46. The number of carbonyl (C=O) groups is 2. The van der Waals surface area contributed by atoms with Crippen LogP contribution in [0.2, 0.25) is 0 Å². The number of hydrogen-bond donors (Lipinski definition) is 1. The van der Waals surface area contributed by atoms with Crippen LogP contribution in [-0.2, 0) is 11.3 Å². The van der Waals surface area contributed by atoms with Crippen molar-refractivity contribution in [2.45, 2.75) is 32.2 Å². The fraction of sp³-hybridized carbons (Fsp3) is 0.450. The van der Waals surface area contributed by atoms with E-state index in [1.54, 1.807) is 43.8 Å². The normalized spacial score (nSPS) is 14.6. The summed E-state index contributed by atoms with van der Waals surface area (Å²) in [6.07, 6.45) is 1.75. The van der Waals surface area contributed by atoms with E-state index in [1.165, 1.54) is 6.92 Å². The van der Waals surface area contributed by atoms with Crippen molar-refractivity contribution >= 4 is 23.2 Å². The lowest BCUT2D eigenvalue weighted by Crippen LogP contribution is -2.37. The Balaban J connectivity index is 1.61. The van der Waals surface area contributed by atoms with Gasteiger partial charge in [0.1, 0.15) is 11.5 Å². The van der Waals surface area contributed by atoms with Gasteiger partial charge in [-0.1, -0.05) is 0 Å². The second kappa shape index (κ2) is 9.05. The van der Waals surface area contributed by atoms with Crippen LogP contribution in [-0.4, -0.2) is 49.0 Å². The first-order chi connectivity index (χ1) is 13.5. The Hall–Kier alpha value is -2.61. The van der Waals surface area contributed by atoms with Crippen molar-refractivity contribution in [3.63, 3.8) is 0 Å². The highest BCUT2D eigenvalue weighted by molar-refractivity contribution is 7.09. The number of ether oxygens (including phenoxy) is 2. The van der Waals surface area contributed by atoms with Gasteiger partial charge in [-0.05, 0) is 25.0 Å². The maximum Gasteiger partial charge on any atom is 0.254 e. The van der Waals surface area contributed by atoms with Crippen LogP contribution in [0, 0.1) is 0 Å². The first kappa shape index (κ1) is 20.1. The number of aromatic nitrogens is 1. The minimum Gasteiger partial charge on any atom is -0.497 e. The topological polar surface area (TPSA) is 80.8 Å². The van der Waals surface area contributed by atoms with Gasteiger partial charge < -0.3 is 19.7 Å². The van der Waals surface area contributed by atoms with Crippen molar-refractivity contribution in [2.75, 3.05) is 27.3 Å². The highest BCUT2D eigenvalue weighted by atomic mass is 32.1. The number of likely N-dealkylation sites (tertiary alicyclic amines) is 1. The second-order valence-corrected chi connectivity index (χ2v) is 7.64. The van der Waals surface area contributed by atoms with E-state index in [4.69, 9.17) is 9.47 Å². The number of hydrogen-bond acceptors (Lipinski definition) is 6. The average molecular weight is 404 g/mol. The Kier molecular flexibility index (Phi) is 6.51. The van der Waals surface area contributed by atoms with E-state index in [-0.39, 0.29) is 11.8 Å². The highest BCUT2D eigenvalue weighted by Crippen LogP contribution is 2.31. The molecule has 8 heteroatoms. The van der Waals surface area contributed by atoms with Crippen molar-refractivity contribution in [1.82, 2.24) is 15.2 Å². The first-order valence-electron chi connectivity index (χ1n) is 9.21. The zero-order chi connectivity index (χ0) is 20.1. The molecule has 1 fully saturated rings. The maximum absolute atomic E-state index is 12.9. The molecule has 0 saturated carbocycles. The number of amides is 2. The second-order valence-electron chi connectivity index (χ2n) is 6.75. The molecule has 2 heterocycles. The summed E-state index contributed by atoms with van der Waals surface area (Å²) in [7, 11) is 3.14. The molecule has 1 saturated heterocycles. The molecule has 1 aromatic heterocycles. The predicted octanol–water partition coefficient (Wildman–Crippen LogP) is 2.82. The van der Waals surface area contributed by atoms with E-state index in [1.807, 2.05) is 10.3 Å². The van der Waals surface area contributed by atoms with Crippen LogP contribution in [0.1, 0.15) is 46.7 Å². The Morgan fingerprint density at radius 3 is 2.39 bits per heavy atom. The molecule has 0 spiro atoms. The maximum atomic E-state index is 12.9. The van der Waals surface area contributed by atoms with Gasteiger partial charge in [0, 0.05) is 42.9 Å². The van der Waals surface area contributed by atoms with E-state index in [0.29, 0.717) is 42.6 Å². The van der Waals surface area contributed by atoms with E-state index in [2.05, 4.69) is 10.3 Å². The van der Waals surface area contributed by atoms with Crippen LogP contribution in [0.25, 0.3) is 0 Å². The summed E-state index contributed by atoms with van der Waals surface area (Å²) in [4.78, 5) is 30.4. The zero-order valence-corrected chi connectivity index (χ0v) is 17.2. The van der Waals surface area contributed by atoms with Crippen LogP contribution in [0.3, 0.4) is 0 Å². The number of rotatable bonds is 6. The molecule has 2 amide bonds. The Morgan fingerprint density at radius 2 is 1.82 bits per heavy atom. The van der Waals surface area contributed by atoms with E-state index in [9.17, 15) is 9.59 Å². The van der Waals surface area contributed by atoms with Gasteiger partial charge in [-0.25, -0.2) is 4.98 Å².